The van der Waals surface area contributed by atoms with Crippen molar-refractivity contribution in [3.8, 4) is 0 Å². The van der Waals surface area contributed by atoms with E-state index < -0.39 is 0 Å². The maximum absolute atomic E-state index is 10.9. The van der Waals surface area contributed by atoms with E-state index in [0.29, 0.717) is 27.6 Å². The normalized spacial score (nSPS) is 52.8. The molecule has 0 amide bonds. The summed E-state index contributed by atoms with van der Waals surface area (Å²) in [5.41, 5.74) is 3.71. The van der Waals surface area contributed by atoms with Crippen LogP contribution in [0.5, 0.6) is 0 Å². The van der Waals surface area contributed by atoms with Gasteiger partial charge in [0.1, 0.15) is 0 Å². The van der Waals surface area contributed by atoms with Crippen LogP contribution < -0.4 is 0 Å². The van der Waals surface area contributed by atoms with Gasteiger partial charge >= 0.3 is 0 Å². The molecule has 32 heavy (non-hydrogen) atoms. The summed E-state index contributed by atoms with van der Waals surface area (Å²) in [6, 6.07) is 0. The molecule has 0 unspecified atom stereocenters. The first-order valence-corrected chi connectivity index (χ1v) is 14.2. The van der Waals surface area contributed by atoms with Crippen LogP contribution in [-0.2, 0) is 0 Å². The van der Waals surface area contributed by atoms with Gasteiger partial charge in [0, 0.05) is 0 Å². The summed E-state index contributed by atoms with van der Waals surface area (Å²) < 4.78 is 0. The Labute approximate surface area is 199 Å². The van der Waals surface area contributed by atoms with Crippen LogP contribution >= 0.6 is 0 Å². The summed E-state index contributed by atoms with van der Waals surface area (Å²) >= 11 is 0. The lowest BCUT2D eigenvalue weighted by Gasteiger charge is -2.63. The van der Waals surface area contributed by atoms with Gasteiger partial charge in [-0.3, -0.25) is 0 Å². The highest BCUT2D eigenvalue weighted by Gasteiger charge is 2.82. The number of rotatable bonds is 5. The van der Waals surface area contributed by atoms with Crippen molar-refractivity contribution in [1.82, 2.24) is 0 Å². The van der Waals surface area contributed by atoms with E-state index in [9.17, 15) is 5.11 Å². The molecule has 1 heteroatoms. The van der Waals surface area contributed by atoms with Gasteiger partial charge in [-0.1, -0.05) is 53.7 Å². The Morgan fingerprint density at radius 1 is 0.844 bits per heavy atom. The smallest absolute Gasteiger partial charge is 0.0594 e. The first kappa shape index (κ1) is 23.4. The van der Waals surface area contributed by atoms with E-state index in [0.717, 1.165) is 30.1 Å². The molecular formula is C31H52O. The third-order valence-electron chi connectivity index (χ3n) is 13.7. The zero-order valence-corrected chi connectivity index (χ0v) is 22.4. The Morgan fingerprint density at radius 2 is 1.50 bits per heavy atom. The number of aliphatic hydroxyl groups is 1. The predicted octanol–water partition coefficient (Wildman–Crippen LogP) is 8.41. The Bertz CT molecular complexity index is 781. The van der Waals surface area contributed by atoms with Crippen molar-refractivity contribution in [1.29, 1.82) is 0 Å². The fourth-order valence-corrected chi connectivity index (χ4v) is 11.3. The van der Waals surface area contributed by atoms with Crippen LogP contribution in [0.1, 0.15) is 119 Å². The molecule has 0 heterocycles. The summed E-state index contributed by atoms with van der Waals surface area (Å²) in [6.07, 6.45) is 15.1. The molecule has 5 fully saturated rings. The molecule has 0 aromatic heterocycles. The molecule has 5 saturated carbocycles. The average Bonchev–Trinajstić information content (AvgIpc) is 3.31. The molecule has 5 rings (SSSR count). The largest absolute Gasteiger partial charge is 0.393 e. The predicted molar refractivity (Wildman–Crippen MR) is 135 cm³/mol. The summed E-state index contributed by atoms with van der Waals surface area (Å²) in [5, 5.41) is 10.9. The second-order valence-electron chi connectivity index (χ2n) is 14.8. The standard InChI is InChI=1S/C31H52O/c1-20(2)21(3)9-10-22(4)23-13-15-29(8)25-12-11-24-27(5,6)26(32)14-16-30(24)19-31(25,30)18-17-28(23,29)7/h21-26,32H,1,9-19H2,2-8H3/t21-,22-,23-,24-,25+,26+,28-,29+,30-,31+/m1/s1. The van der Waals surface area contributed by atoms with Gasteiger partial charge < -0.3 is 5.11 Å². The van der Waals surface area contributed by atoms with Gasteiger partial charge in [0.15, 0.2) is 0 Å². The van der Waals surface area contributed by atoms with Crippen LogP contribution in [0.4, 0.5) is 0 Å². The van der Waals surface area contributed by atoms with Crippen molar-refractivity contribution in [2.24, 2.45) is 56.7 Å². The molecule has 2 spiro atoms. The second kappa shape index (κ2) is 7.11. The van der Waals surface area contributed by atoms with Crippen molar-refractivity contribution in [3.05, 3.63) is 12.2 Å². The summed E-state index contributed by atoms with van der Waals surface area (Å²) in [6.45, 7) is 21.6. The van der Waals surface area contributed by atoms with E-state index in [-0.39, 0.29) is 11.5 Å². The van der Waals surface area contributed by atoms with Gasteiger partial charge in [0.25, 0.3) is 0 Å². The highest BCUT2D eigenvalue weighted by molar-refractivity contribution is 5.30. The topological polar surface area (TPSA) is 20.2 Å². The van der Waals surface area contributed by atoms with Gasteiger partial charge in [-0.2, -0.15) is 0 Å². The van der Waals surface area contributed by atoms with Crippen molar-refractivity contribution >= 4 is 0 Å². The quantitative estimate of drug-likeness (QED) is 0.425. The maximum atomic E-state index is 10.9. The SMILES string of the molecule is C=C(C)[C@H](C)CC[C@@H](C)[C@H]1CC[C@@]2(C)[C@@H]3CC[C@@H]4C(C)(C)[C@@H](O)CC[C@@]45C[C@@]35CC[C@]12C. The number of fused-ring (bicyclic) bond motifs is 2. The number of allylic oxidation sites excluding steroid dienone is 1. The Morgan fingerprint density at radius 3 is 2.19 bits per heavy atom. The highest BCUT2D eigenvalue weighted by Crippen LogP contribution is 2.89. The van der Waals surface area contributed by atoms with Crippen LogP contribution in [0.2, 0.25) is 0 Å². The number of hydrogen-bond donors (Lipinski definition) is 1. The zero-order chi connectivity index (χ0) is 23.3. The van der Waals surface area contributed by atoms with Gasteiger partial charge in [-0.05, 0) is 134 Å². The minimum Gasteiger partial charge on any atom is -0.393 e. The van der Waals surface area contributed by atoms with E-state index in [1.54, 1.807) is 0 Å². The maximum Gasteiger partial charge on any atom is 0.0594 e. The van der Waals surface area contributed by atoms with E-state index in [1.807, 2.05) is 0 Å². The first-order chi connectivity index (χ1) is 14.9. The van der Waals surface area contributed by atoms with Crippen molar-refractivity contribution in [2.75, 3.05) is 0 Å². The molecule has 0 bridgehead atoms. The first-order valence-electron chi connectivity index (χ1n) is 14.2. The number of aliphatic hydroxyl groups excluding tert-OH is 1. The average molecular weight is 441 g/mol. The molecule has 0 saturated heterocycles. The van der Waals surface area contributed by atoms with Gasteiger partial charge in [0.2, 0.25) is 0 Å². The summed E-state index contributed by atoms with van der Waals surface area (Å²) in [7, 11) is 0. The Hall–Kier alpha value is -0.300. The van der Waals surface area contributed by atoms with Crippen LogP contribution in [0.15, 0.2) is 12.2 Å². The van der Waals surface area contributed by atoms with Crippen LogP contribution in [0.3, 0.4) is 0 Å². The molecule has 10 atom stereocenters. The third kappa shape index (κ3) is 2.73. The van der Waals surface area contributed by atoms with Gasteiger partial charge in [-0.15, -0.1) is 0 Å². The van der Waals surface area contributed by atoms with Gasteiger partial charge in [0.05, 0.1) is 6.10 Å². The Kier molecular flexibility index (Phi) is 5.21. The van der Waals surface area contributed by atoms with Crippen molar-refractivity contribution in [3.63, 3.8) is 0 Å². The summed E-state index contributed by atoms with van der Waals surface area (Å²) in [4.78, 5) is 0. The van der Waals surface area contributed by atoms with Crippen molar-refractivity contribution in [2.45, 2.75) is 125 Å². The molecule has 5 aliphatic carbocycles. The monoisotopic (exact) mass is 440 g/mol. The molecule has 0 radical (unpaired) electrons. The lowest BCUT2D eigenvalue weighted by Crippen LogP contribution is -2.57. The zero-order valence-electron chi connectivity index (χ0n) is 22.4. The van der Waals surface area contributed by atoms with E-state index >= 15 is 0 Å². The summed E-state index contributed by atoms with van der Waals surface area (Å²) in [5.74, 6) is 4.09. The fourth-order valence-electron chi connectivity index (χ4n) is 11.3. The molecule has 182 valence electrons. The van der Waals surface area contributed by atoms with Crippen LogP contribution in [-0.4, -0.2) is 11.2 Å². The molecule has 5 aliphatic rings. The van der Waals surface area contributed by atoms with Gasteiger partial charge in [-0.25, -0.2) is 0 Å². The Balaban J connectivity index is 1.39. The molecule has 1 N–H and O–H groups in total. The number of hydrogen-bond acceptors (Lipinski definition) is 1. The molecular weight excluding hydrogens is 388 g/mol. The minimum atomic E-state index is -0.0879. The molecule has 1 nitrogen and oxygen atoms in total. The highest BCUT2D eigenvalue weighted by atomic mass is 16.3. The fraction of sp³-hybridized carbons (Fsp3) is 0.935. The third-order valence-corrected chi connectivity index (χ3v) is 13.7. The van der Waals surface area contributed by atoms with E-state index in [2.05, 4.69) is 55.0 Å². The minimum absolute atomic E-state index is 0.0879. The lowest BCUT2D eigenvalue weighted by molar-refractivity contribution is -0.161. The molecule has 0 aliphatic heterocycles. The van der Waals surface area contributed by atoms with Crippen molar-refractivity contribution < 1.29 is 5.11 Å². The molecule has 0 aromatic carbocycles. The van der Waals surface area contributed by atoms with E-state index in [1.165, 1.54) is 69.8 Å². The van der Waals surface area contributed by atoms with E-state index in [4.69, 9.17) is 0 Å². The second-order valence-corrected chi connectivity index (χ2v) is 14.8. The van der Waals surface area contributed by atoms with Crippen LogP contribution in [0.25, 0.3) is 0 Å². The molecule has 0 aromatic rings. The van der Waals surface area contributed by atoms with Crippen LogP contribution in [0, 0.1) is 56.7 Å². The lowest BCUT2D eigenvalue weighted by atomic mass is 9.41.